The van der Waals surface area contributed by atoms with Crippen molar-refractivity contribution in [1.82, 2.24) is 4.98 Å². The number of hydrogen-bond donors (Lipinski definition) is 3. The minimum atomic E-state index is -1.04. The van der Waals surface area contributed by atoms with E-state index >= 15 is 0 Å². The Kier molecular flexibility index (Phi) is 3.49. The monoisotopic (exact) mass is 224 g/mol. The number of nitrogens with one attached hydrogen (secondary N) is 1. The number of carboxylic acid groups (broad SMARTS) is 1. The van der Waals surface area contributed by atoms with Crippen LogP contribution in [0.2, 0.25) is 0 Å². The number of aromatic carboxylic acids is 1. The highest BCUT2D eigenvalue weighted by atomic mass is 16.4. The summed E-state index contributed by atoms with van der Waals surface area (Å²) in [5.74, 6) is -1.04. The lowest BCUT2D eigenvalue weighted by atomic mass is 9.98. The third-order valence-electron chi connectivity index (χ3n) is 2.55. The maximum atomic E-state index is 10.9. The van der Waals surface area contributed by atoms with E-state index < -0.39 is 17.6 Å². The molecule has 88 valence electrons. The molecule has 3 N–H and O–H groups in total. The number of rotatable bonds is 4. The van der Waals surface area contributed by atoms with Crippen molar-refractivity contribution >= 4 is 11.7 Å². The zero-order valence-corrected chi connectivity index (χ0v) is 9.56. The van der Waals surface area contributed by atoms with Crippen molar-refractivity contribution in [2.45, 2.75) is 32.4 Å². The number of aromatic nitrogens is 1. The van der Waals surface area contributed by atoms with Crippen LogP contribution < -0.4 is 5.32 Å². The predicted octanol–water partition coefficient (Wildman–Crippen LogP) is 1.35. The highest BCUT2D eigenvalue weighted by molar-refractivity contribution is 5.93. The molecule has 0 amide bonds. The van der Waals surface area contributed by atoms with Crippen molar-refractivity contribution in [3.63, 3.8) is 0 Å². The molecule has 1 unspecified atom stereocenters. The number of aliphatic hydroxyl groups is 1. The van der Waals surface area contributed by atoms with Crippen molar-refractivity contribution < 1.29 is 15.0 Å². The standard InChI is InChI=1S/C11H16N2O3/c1-7(14)11(2,3)13-9-4-5-12-6-8(9)10(15)16/h4-7,14H,1-3H3,(H,12,13)(H,15,16). The normalized spacial score (nSPS) is 13.2. The number of anilines is 1. The number of carboxylic acids is 1. The molecule has 1 heterocycles. The molecule has 5 nitrogen and oxygen atoms in total. The Morgan fingerprint density at radius 1 is 1.56 bits per heavy atom. The van der Waals surface area contributed by atoms with Crippen LogP contribution in [0.3, 0.4) is 0 Å². The van der Waals surface area contributed by atoms with Crippen LogP contribution in [0.4, 0.5) is 5.69 Å². The molecule has 1 aromatic heterocycles. The molecule has 0 bridgehead atoms. The van der Waals surface area contributed by atoms with E-state index in [9.17, 15) is 9.90 Å². The van der Waals surface area contributed by atoms with E-state index in [0.29, 0.717) is 5.69 Å². The molecule has 0 aliphatic carbocycles. The molecule has 0 saturated carbocycles. The molecule has 0 saturated heterocycles. The number of carbonyl (C=O) groups is 1. The summed E-state index contributed by atoms with van der Waals surface area (Å²) in [4.78, 5) is 14.7. The van der Waals surface area contributed by atoms with Gasteiger partial charge in [0.1, 0.15) is 5.56 Å². The summed E-state index contributed by atoms with van der Waals surface area (Å²) in [5.41, 5.74) is -0.0597. The number of aliphatic hydroxyl groups excluding tert-OH is 1. The van der Waals surface area contributed by atoms with Crippen molar-refractivity contribution in [2.24, 2.45) is 0 Å². The van der Waals surface area contributed by atoms with Crippen LogP contribution in [-0.2, 0) is 0 Å². The predicted molar refractivity (Wildman–Crippen MR) is 60.6 cm³/mol. The van der Waals surface area contributed by atoms with Gasteiger partial charge in [0.15, 0.2) is 0 Å². The van der Waals surface area contributed by atoms with Crippen LogP contribution >= 0.6 is 0 Å². The summed E-state index contributed by atoms with van der Waals surface area (Å²) < 4.78 is 0. The van der Waals surface area contributed by atoms with Crippen molar-refractivity contribution in [1.29, 1.82) is 0 Å². The van der Waals surface area contributed by atoms with Gasteiger partial charge >= 0.3 is 5.97 Å². The lowest BCUT2D eigenvalue weighted by Crippen LogP contribution is -2.42. The molecule has 16 heavy (non-hydrogen) atoms. The fourth-order valence-electron chi connectivity index (χ4n) is 1.13. The number of hydrogen-bond acceptors (Lipinski definition) is 4. The van der Waals surface area contributed by atoms with Gasteiger partial charge in [0.05, 0.1) is 17.3 Å². The van der Waals surface area contributed by atoms with Gasteiger partial charge in [-0.1, -0.05) is 0 Å². The topological polar surface area (TPSA) is 82.5 Å². The zero-order valence-electron chi connectivity index (χ0n) is 9.56. The Morgan fingerprint density at radius 2 is 2.19 bits per heavy atom. The van der Waals surface area contributed by atoms with E-state index in [4.69, 9.17) is 5.11 Å². The maximum Gasteiger partial charge on any atom is 0.339 e. The Labute approximate surface area is 94.1 Å². The van der Waals surface area contributed by atoms with E-state index in [0.717, 1.165) is 0 Å². The van der Waals surface area contributed by atoms with Gasteiger partial charge in [-0.15, -0.1) is 0 Å². The van der Waals surface area contributed by atoms with Gasteiger partial charge in [0, 0.05) is 12.4 Å². The lowest BCUT2D eigenvalue weighted by Gasteiger charge is -2.31. The number of nitrogens with zero attached hydrogens (tertiary/aromatic N) is 1. The first-order chi connectivity index (χ1) is 7.34. The van der Waals surface area contributed by atoms with Crippen LogP contribution in [0.15, 0.2) is 18.5 Å². The van der Waals surface area contributed by atoms with Crippen molar-refractivity contribution in [3.05, 3.63) is 24.0 Å². The quantitative estimate of drug-likeness (QED) is 0.719. The first kappa shape index (κ1) is 12.4. The van der Waals surface area contributed by atoms with Gasteiger partial charge < -0.3 is 15.5 Å². The van der Waals surface area contributed by atoms with Gasteiger partial charge in [-0.25, -0.2) is 4.79 Å². The SMILES string of the molecule is CC(O)C(C)(C)Nc1ccncc1C(=O)O. The van der Waals surface area contributed by atoms with Gasteiger partial charge in [0.2, 0.25) is 0 Å². The van der Waals surface area contributed by atoms with E-state index in [1.165, 1.54) is 12.4 Å². The Balaban J connectivity index is 3.02. The summed E-state index contributed by atoms with van der Waals surface area (Å²) in [6.07, 6.45) is 2.18. The van der Waals surface area contributed by atoms with Gasteiger partial charge in [0.25, 0.3) is 0 Å². The van der Waals surface area contributed by atoms with E-state index in [1.807, 2.05) is 0 Å². The van der Waals surface area contributed by atoms with E-state index in [2.05, 4.69) is 10.3 Å². The summed E-state index contributed by atoms with van der Waals surface area (Å²) in [5, 5.41) is 21.5. The Hall–Kier alpha value is -1.62. The molecule has 0 radical (unpaired) electrons. The summed E-state index contributed by atoms with van der Waals surface area (Å²) in [6.45, 7) is 5.24. The Bertz CT molecular complexity index is 389. The third kappa shape index (κ3) is 2.70. The second-order valence-electron chi connectivity index (χ2n) is 4.25. The fourth-order valence-corrected chi connectivity index (χ4v) is 1.13. The largest absolute Gasteiger partial charge is 0.478 e. The molecule has 1 atom stereocenters. The van der Waals surface area contributed by atoms with Crippen LogP contribution in [0.25, 0.3) is 0 Å². The fraction of sp³-hybridized carbons (Fsp3) is 0.455. The molecular formula is C11H16N2O3. The lowest BCUT2D eigenvalue weighted by molar-refractivity contribution is 0.0696. The third-order valence-corrected chi connectivity index (χ3v) is 2.55. The van der Waals surface area contributed by atoms with Crippen molar-refractivity contribution in [2.75, 3.05) is 5.32 Å². The molecule has 0 spiro atoms. The average Bonchev–Trinajstić information content (AvgIpc) is 2.17. The number of pyridine rings is 1. The average molecular weight is 224 g/mol. The zero-order chi connectivity index (χ0) is 12.3. The minimum absolute atomic E-state index is 0.0937. The van der Waals surface area contributed by atoms with Crippen LogP contribution in [-0.4, -0.2) is 32.8 Å². The highest BCUT2D eigenvalue weighted by Gasteiger charge is 2.25. The molecule has 5 heteroatoms. The van der Waals surface area contributed by atoms with Crippen LogP contribution in [0.1, 0.15) is 31.1 Å². The smallest absolute Gasteiger partial charge is 0.339 e. The molecule has 0 aromatic carbocycles. The minimum Gasteiger partial charge on any atom is -0.478 e. The van der Waals surface area contributed by atoms with Crippen LogP contribution in [0.5, 0.6) is 0 Å². The molecule has 1 aromatic rings. The highest BCUT2D eigenvalue weighted by Crippen LogP contribution is 2.21. The molecular weight excluding hydrogens is 208 g/mol. The maximum absolute atomic E-state index is 10.9. The first-order valence-corrected chi connectivity index (χ1v) is 4.98. The summed E-state index contributed by atoms with van der Waals surface area (Å²) in [6, 6.07) is 1.58. The van der Waals surface area contributed by atoms with Gasteiger partial charge in [-0.05, 0) is 26.8 Å². The van der Waals surface area contributed by atoms with E-state index in [-0.39, 0.29) is 5.56 Å². The molecule has 1 rings (SSSR count). The summed E-state index contributed by atoms with van der Waals surface area (Å²) in [7, 11) is 0. The molecule has 0 fully saturated rings. The van der Waals surface area contributed by atoms with E-state index in [1.54, 1.807) is 26.8 Å². The molecule has 0 aliphatic rings. The first-order valence-electron chi connectivity index (χ1n) is 4.98. The van der Waals surface area contributed by atoms with Crippen molar-refractivity contribution in [3.8, 4) is 0 Å². The van der Waals surface area contributed by atoms with Gasteiger partial charge in [-0.2, -0.15) is 0 Å². The summed E-state index contributed by atoms with van der Waals surface area (Å²) >= 11 is 0. The van der Waals surface area contributed by atoms with Crippen LogP contribution in [0, 0.1) is 0 Å². The second kappa shape index (κ2) is 4.49. The Morgan fingerprint density at radius 3 is 2.69 bits per heavy atom. The second-order valence-corrected chi connectivity index (χ2v) is 4.25. The molecule has 0 aliphatic heterocycles. The van der Waals surface area contributed by atoms with Gasteiger partial charge in [-0.3, -0.25) is 4.98 Å².